The van der Waals surface area contributed by atoms with Crippen LogP contribution in [0.4, 0.5) is 0 Å². The number of aliphatic hydroxyl groups excluding tert-OH is 1. The molecule has 0 saturated heterocycles. The van der Waals surface area contributed by atoms with Gasteiger partial charge in [0.05, 0.1) is 0 Å². The van der Waals surface area contributed by atoms with Crippen LogP contribution in [0.1, 0.15) is 181 Å². The average molecular weight is 619 g/mol. The predicted octanol–water partition coefficient (Wildman–Crippen LogP) is 11.3. The molecule has 0 unspecified atom stereocenters. The van der Waals surface area contributed by atoms with Gasteiger partial charge in [0.1, 0.15) is 19.3 Å². The van der Waals surface area contributed by atoms with Crippen LogP contribution in [0.5, 0.6) is 0 Å². The Kier molecular flexibility index (Phi) is 34.1. The summed E-state index contributed by atoms with van der Waals surface area (Å²) in [6, 6.07) is 0. The van der Waals surface area contributed by atoms with Gasteiger partial charge in [0.2, 0.25) is 0 Å². The molecule has 0 radical (unpaired) electrons. The Morgan fingerprint density at radius 2 is 0.795 bits per heavy atom. The molecule has 0 aliphatic rings. The van der Waals surface area contributed by atoms with Crippen molar-refractivity contribution in [3.05, 3.63) is 36.5 Å². The molecule has 0 fully saturated rings. The van der Waals surface area contributed by atoms with Crippen molar-refractivity contribution in [1.82, 2.24) is 0 Å². The van der Waals surface area contributed by atoms with Crippen molar-refractivity contribution in [1.29, 1.82) is 0 Å². The lowest BCUT2D eigenvalue weighted by molar-refractivity contribution is -0.152. The Morgan fingerprint density at radius 3 is 1.23 bits per heavy atom. The van der Waals surface area contributed by atoms with Crippen molar-refractivity contribution in [2.24, 2.45) is 0 Å². The normalized spacial score (nSPS) is 12.5. The molecular formula is C39H70O5. The molecule has 5 heteroatoms. The number of hydrogen-bond acceptors (Lipinski definition) is 5. The highest BCUT2D eigenvalue weighted by Crippen LogP contribution is 2.14. The quantitative estimate of drug-likeness (QED) is 0.0450. The number of ether oxygens (including phenoxy) is 2. The van der Waals surface area contributed by atoms with Crippen molar-refractivity contribution in [2.45, 2.75) is 187 Å². The Balaban J connectivity index is 3.49. The summed E-state index contributed by atoms with van der Waals surface area (Å²) in [5, 5.41) is 9.98. The SMILES string of the molecule is CCCCC/C=C\C/C=C\C/C=C\CCCCC(=O)OC[C@H](O)COC(=O)CCCCCCCCCCCCCCCCC. The molecule has 0 aromatic carbocycles. The van der Waals surface area contributed by atoms with Gasteiger partial charge in [-0.1, -0.05) is 153 Å². The molecule has 1 N–H and O–H groups in total. The Morgan fingerprint density at radius 1 is 0.477 bits per heavy atom. The molecule has 0 aromatic heterocycles. The van der Waals surface area contributed by atoms with Gasteiger partial charge in [0.25, 0.3) is 0 Å². The summed E-state index contributed by atoms with van der Waals surface area (Å²) in [6.45, 7) is 4.24. The molecule has 0 saturated carbocycles. The van der Waals surface area contributed by atoms with Crippen LogP contribution < -0.4 is 0 Å². The van der Waals surface area contributed by atoms with E-state index in [2.05, 4.69) is 50.3 Å². The van der Waals surface area contributed by atoms with Gasteiger partial charge in [-0.15, -0.1) is 0 Å². The molecule has 0 bridgehead atoms. The van der Waals surface area contributed by atoms with Gasteiger partial charge in [0, 0.05) is 12.8 Å². The van der Waals surface area contributed by atoms with Crippen molar-refractivity contribution in [2.75, 3.05) is 13.2 Å². The van der Waals surface area contributed by atoms with Crippen LogP contribution in [0.2, 0.25) is 0 Å². The van der Waals surface area contributed by atoms with E-state index in [4.69, 9.17) is 9.47 Å². The first-order valence-electron chi connectivity index (χ1n) is 18.5. The molecule has 5 nitrogen and oxygen atoms in total. The number of esters is 2. The summed E-state index contributed by atoms with van der Waals surface area (Å²) in [5.41, 5.74) is 0. The smallest absolute Gasteiger partial charge is 0.305 e. The highest BCUT2D eigenvalue weighted by Gasteiger charge is 2.12. The summed E-state index contributed by atoms with van der Waals surface area (Å²) in [7, 11) is 0. The molecule has 0 amide bonds. The third-order valence-corrected chi connectivity index (χ3v) is 7.88. The molecule has 44 heavy (non-hydrogen) atoms. The summed E-state index contributed by atoms with van der Waals surface area (Å²) < 4.78 is 10.3. The average Bonchev–Trinajstić information content (AvgIpc) is 3.02. The molecule has 1 atom stereocenters. The van der Waals surface area contributed by atoms with E-state index in [-0.39, 0.29) is 25.2 Å². The lowest BCUT2D eigenvalue weighted by atomic mass is 10.0. The zero-order chi connectivity index (χ0) is 32.2. The van der Waals surface area contributed by atoms with Crippen LogP contribution in [-0.2, 0) is 19.1 Å². The number of carbonyl (C=O) groups excluding carboxylic acids is 2. The van der Waals surface area contributed by atoms with E-state index in [0.717, 1.165) is 51.4 Å². The highest BCUT2D eigenvalue weighted by atomic mass is 16.6. The van der Waals surface area contributed by atoms with Crippen molar-refractivity contribution < 1.29 is 24.2 Å². The lowest BCUT2D eigenvalue weighted by Gasteiger charge is -2.12. The second-order valence-electron chi connectivity index (χ2n) is 12.3. The number of allylic oxidation sites excluding steroid dienone is 6. The first-order valence-corrected chi connectivity index (χ1v) is 18.5. The first kappa shape index (κ1) is 42.1. The second-order valence-corrected chi connectivity index (χ2v) is 12.3. The topological polar surface area (TPSA) is 72.8 Å². The molecule has 0 aromatic rings. The lowest BCUT2D eigenvalue weighted by Crippen LogP contribution is -2.25. The monoisotopic (exact) mass is 619 g/mol. The fraction of sp³-hybridized carbons (Fsp3) is 0.795. The molecule has 256 valence electrons. The number of aliphatic hydroxyl groups is 1. The van der Waals surface area contributed by atoms with E-state index in [1.165, 1.54) is 103 Å². The minimum absolute atomic E-state index is 0.126. The number of carbonyl (C=O) groups is 2. The van der Waals surface area contributed by atoms with E-state index in [0.29, 0.717) is 12.8 Å². The largest absolute Gasteiger partial charge is 0.463 e. The van der Waals surface area contributed by atoms with Crippen molar-refractivity contribution >= 4 is 11.9 Å². The van der Waals surface area contributed by atoms with E-state index < -0.39 is 6.10 Å². The van der Waals surface area contributed by atoms with Crippen molar-refractivity contribution in [3.63, 3.8) is 0 Å². The molecule has 0 heterocycles. The fourth-order valence-electron chi connectivity index (χ4n) is 5.03. The zero-order valence-electron chi connectivity index (χ0n) is 28.9. The summed E-state index contributed by atoms with van der Waals surface area (Å²) in [4.78, 5) is 23.8. The maximum absolute atomic E-state index is 11.9. The highest BCUT2D eigenvalue weighted by molar-refractivity contribution is 5.69. The van der Waals surface area contributed by atoms with Gasteiger partial charge < -0.3 is 14.6 Å². The molecular weight excluding hydrogens is 548 g/mol. The van der Waals surface area contributed by atoms with E-state index in [1.54, 1.807) is 0 Å². The predicted molar refractivity (Wildman–Crippen MR) is 187 cm³/mol. The Hall–Kier alpha value is -1.88. The van der Waals surface area contributed by atoms with Crippen LogP contribution in [0.25, 0.3) is 0 Å². The summed E-state index contributed by atoms with van der Waals surface area (Å²) in [5.74, 6) is -0.605. The van der Waals surface area contributed by atoms with Gasteiger partial charge in [0.15, 0.2) is 0 Å². The number of hydrogen-bond donors (Lipinski definition) is 1. The molecule has 0 spiro atoms. The van der Waals surface area contributed by atoms with Gasteiger partial charge in [-0.3, -0.25) is 9.59 Å². The van der Waals surface area contributed by atoms with Gasteiger partial charge in [-0.25, -0.2) is 0 Å². The van der Waals surface area contributed by atoms with Crippen LogP contribution >= 0.6 is 0 Å². The van der Waals surface area contributed by atoms with Crippen molar-refractivity contribution in [3.8, 4) is 0 Å². The third-order valence-electron chi connectivity index (χ3n) is 7.88. The number of rotatable bonds is 33. The molecule has 0 rings (SSSR count). The van der Waals surface area contributed by atoms with Gasteiger partial charge in [-0.2, -0.15) is 0 Å². The van der Waals surface area contributed by atoms with Crippen LogP contribution in [0.15, 0.2) is 36.5 Å². The first-order chi connectivity index (χ1) is 21.6. The minimum Gasteiger partial charge on any atom is -0.463 e. The van der Waals surface area contributed by atoms with Gasteiger partial charge in [-0.05, 0) is 51.4 Å². The minimum atomic E-state index is -0.975. The molecule has 0 aliphatic heterocycles. The van der Waals surface area contributed by atoms with E-state index in [1.807, 2.05) is 0 Å². The zero-order valence-corrected chi connectivity index (χ0v) is 28.9. The van der Waals surface area contributed by atoms with Crippen LogP contribution in [-0.4, -0.2) is 36.4 Å². The maximum Gasteiger partial charge on any atom is 0.305 e. The Bertz CT molecular complexity index is 711. The van der Waals surface area contributed by atoms with Crippen LogP contribution in [0, 0.1) is 0 Å². The standard InChI is InChI=1S/C39H70O5/c1-3-5-7-9-11-13-15-17-19-21-23-25-27-29-31-33-38(41)43-35-37(40)36-44-39(42)34-32-30-28-26-24-22-20-18-16-14-12-10-8-6-4-2/h11,13,17,19,23,25,37,40H,3-10,12,14-16,18,20-22,24,26-36H2,1-2H3/b13-11-,19-17-,25-23-/t37-/m0/s1. The number of unbranched alkanes of at least 4 members (excludes halogenated alkanes) is 19. The fourth-order valence-corrected chi connectivity index (χ4v) is 5.03. The second kappa shape index (κ2) is 35.6. The summed E-state index contributed by atoms with van der Waals surface area (Å²) >= 11 is 0. The molecule has 0 aliphatic carbocycles. The van der Waals surface area contributed by atoms with Crippen LogP contribution in [0.3, 0.4) is 0 Å². The summed E-state index contributed by atoms with van der Waals surface area (Å²) in [6.07, 6.45) is 41.9. The third kappa shape index (κ3) is 34.6. The Labute approximate surface area is 272 Å². The van der Waals surface area contributed by atoms with E-state index in [9.17, 15) is 14.7 Å². The van der Waals surface area contributed by atoms with E-state index >= 15 is 0 Å². The van der Waals surface area contributed by atoms with Gasteiger partial charge >= 0.3 is 11.9 Å². The maximum atomic E-state index is 11.9.